The summed E-state index contributed by atoms with van der Waals surface area (Å²) in [6, 6.07) is 3.10. The molecule has 0 aliphatic carbocycles. The summed E-state index contributed by atoms with van der Waals surface area (Å²) in [6.45, 7) is 2.74. The molecule has 1 saturated heterocycles. The molecule has 0 saturated carbocycles. The van der Waals surface area contributed by atoms with Gasteiger partial charge in [0.1, 0.15) is 6.04 Å². The van der Waals surface area contributed by atoms with Crippen LogP contribution in [-0.4, -0.2) is 48.9 Å². The number of esters is 1. The number of methoxy groups -OCH3 is 1. The molecule has 126 valence electrons. The van der Waals surface area contributed by atoms with Crippen LogP contribution in [0.2, 0.25) is 0 Å². The lowest BCUT2D eigenvalue weighted by Gasteiger charge is -2.33. The molecule has 0 spiro atoms. The predicted octanol–water partition coefficient (Wildman–Crippen LogP) is 1.67. The first-order chi connectivity index (χ1) is 11.0. The number of hydrogen-bond acceptors (Lipinski definition) is 5. The molecule has 1 aliphatic rings. The van der Waals surface area contributed by atoms with E-state index in [-0.39, 0.29) is 11.8 Å². The molecule has 1 unspecified atom stereocenters. The van der Waals surface area contributed by atoms with E-state index in [0.29, 0.717) is 25.4 Å². The van der Waals surface area contributed by atoms with Crippen molar-refractivity contribution in [2.45, 2.75) is 32.2 Å². The third kappa shape index (κ3) is 4.79. The number of thiophene rings is 1. The molecule has 1 atom stereocenters. The van der Waals surface area contributed by atoms with Crippen LogP contribution in [0.25, 0.3) is 0 Å². The maximum Gasteiger partial charge on any atom is 0.328 e. The van der Waals surface area contributed by atoms with E-state index in [0.717, 1.165) is 17.7 Å². The van der Waals surface area contributed by atoms with E-state index in [1.807, 2.05) is 22.4 Å². The molecule has 1 fully saturated rings. The zero-order valence-corrected chi connectivity index (χ0v) is 14.2. The Hall–Kier alpha value is -1.89. The van der Waals surface area contributed by atoms with Gasteiger partial charge < -0.3 is 15.0 Å². The number of carbonyl (C=O) groups excluding carboxylic acids is 3. The monoisotopic (exact) mass is 338 g/mol. The number of carbonyl (C=O) groups is 3. The Morgan fingerprint density at radius 3 is 2.61 bits per heavy atom. The number of nitrogens with zero attached hydrogens (tertiary/aromatic N) is 1. The molecule has 2 amide bonds. The van der Waals surface area contributed by atoms with Crippen molar-refractivity contribution in [3.63, 3.8) is 0 Å². The smallest absolute Gasteiger partial charge is 0.328 e. The van der Waals surface area contributed by atoms with Gasteiger partial charge in [0.05, 0.1) is 12.0 Å². The summed E-state index contributed by atoms with van der Waals surface area (Å²) < 4.78 is 4.75. The van der Waals surface area contributed by atoms with E-state index in [2.05, 4.69) is 5.32 Å². The second-order valence-electron chi connectivity index (χ2n) is 5.72. The van der Waals surface area contributed by atoms with Gasteiger partial charge in [0.2, 0.25) is 5.91 Å². The van der Waals surface area contributed by atoms with E-state index >= 15 is 0 Å². The van der Waals surface area contributed by atoms with Gasteiger partial charge in [0.25, 0.3) is 5.91 Å². The average Bonchev–Trinajstić information content (AvgIpc) is 3.07. The van der Waals surface area contributed by atoms with E-state index in [1.54, 1.807) is 0 Å². The van der Waals surface area contributed by atoms with Gasteiger partial charge in [-0.25, -0.2) is 4.79 Å². The lowest BCUT2D eigenvalue weighted by molar-refractivity contribution is -0.145. The molecule has 1 aromatic heterocycles. The summed E-state index contributed by atoms with van der Waals surface area (Å²) >= 11 is 1.45. The van der Waals surface area contributed by atoms with Gasteiger partial charge in [-0.2, -0.15) is 0 Å². The predicted molar refractivity (Wildman–Crippen MR) is 87.2 cm³/mol. The fourth-order valence-electron chi connectivity index (χ4n) is 2.86. The Labute approximate surface area is 139 Å². The van der Waals surface area contributed by atoms with E-state index in [4.69, 9.17) is 4.74 Å². The fourth-order valence-corrected chi connectivity index (χ4v) is 3.55. The molecule has 0 bridgehead atoms. The number of piperidine rings is 1. The first kappa shape index (κ1) is 17.5. The summed E-state index contributed by atoms with van der Waals surface area (Å²) in [5, 5.41) is 4.54. The maximum atomic E-state index is 12.3. The Morgan fingerprint density at radius 2 is 2.09 bits per heavy atom. The molecule has 1 N–H and O–H groups in total. The van der Waals surface area contributed by atoms with Crippen LogP contribution in [0.3, 0.4) is 0 Å². The largest absolute Gasteiger partial charge is 0.467 e. The first-order valence-electron chi connectivity index (χ1n) is 7.69. The van der Waals surface area contributed by atoms with Gasteiger partial charge in [0, 0.05) is 20.0 Å². The first-order valence-corrected chi connectivity index (χ1v) is 8.57. The van der Waals surface area contributed by atoms with Crippen molar-refractivity contribution in [2.24, 2.45) is 5.92 Å². The Balaban J connectivity index is 1.86. The Bertz CT molecular complexity index is 550. The van der Waals surface area contributed by atoms with Crippen molar-refractivity contribution in [3.05, 3.63) is 22.4 Å². The molecular formula is C16H22N2O4S. The number of nitrogens with one attached hydrogen (secondary N) is 1. The zero-order valence-electron chi connectivity index (χ0n) is 13.4. The summed E-state index contributed by atoms with van der Waals surface area (Å²) in [5.74, 6) is -0.300. The highest BCUT2D eigenvalue weighted by Gasteiger charge is 2.29. The van der Waals surface area contributed by atoms with Gasteiger partial charge in [0.15, 0.2) is 0 Å². The van der Waals surface area contributed by atoms with Gasteiger partial charge in [-0.3, -0.25) is 9.59 Å². The van der Waals surface area contributed by atoms with E-state index < -0.39 is 12.0 Å². The average molecular weight is 338 g/mol. The molecule has 2 heterocycles. The van der Waals surface area contributed by atoms with Crippen molar-refractivity contribution in [2.75, 3.05) is 20.2 Å². The fraction of sp³-hybridized carbons (Fsp3) is 0.562. The van der Waals surface area contributed by atoms with Crippen LogP contribution in [0.4, 0.5) is 0 Å². The number of rotatable bonds is 5. The topological polar surface area (TPSA) is 75.7 Å². The van der Waals surface area contributed by atoms with Crippen LogP contribution in [0.1, 0.15) is 35.9 Å². The third-order valence-electron chi connectivity index (χ3n) is 4.07. The number of hydrogen-bond donors (Lipinski definition) is 1. The van der Waals surface area contributed by atoms with Crippen molar-refractivity contribution in [3.8, 4) is 0 Å². The lowest BCUT2D eigenvalue weighted by atomic mass is 9.90. The number of likely N-dealkylation sites (tertiary alicyclic amines) is 1. The Morgan fingerprint density at radius 1 is 1.39 bits per heavy atom. The highest BCUT2D eigenvalue weighted by atomic mass is 32.1. The SMILES string of the molecule is COC(=O)C(CC1CCN(C(=O)c2cccs2)CC1)NC(C)=O. The summed E-state index contributed by atoms with van der Waals surface area (Å²) in [6.07, 6.45) is 2.20. The standard InChI is InChI=1S/C16H22N2O4S/c1-11(19)17-13(16(21)22-2)10-12-5-7-18(8-6-12)15(20)14-4-3-9-23-14/h3-4,9,12-13H,5-8,10H2,1-2H3,(H,17,19). The summed E-state index contributed by atoms with van der Waals surface area (Å²) in [4.78, 5) is 37.9. The van der Waals surface area contributed by atoms with Crippen LogP contribution in [-0.2, 0) is 14.3 Å². The van der Waals surface area contributed by atoms with Crippen molar-refractivity contribution in [1.29, 1.82) is 0 Å². The molecule has 1 aromatic rings. The summed E-state index contributed by atoms with van der Waals surface area (Å²) in [5.41, 5.74) is 0. The van der Waals surface area contributed by atoms with Crippen LogP contribution in [0, 0.1) is 5.92 Å². The number of ether oxygens (including phenoxy) is 1. The highest BCUT2D eigenvalue weighted by Crippen LogP contribution is 2.24. The summed E-state index contributed by atoms with van der Waals surface area (Å²) in [7, 11) is 1.32. The molecule has 6 nitrogen and oxygen atoms in total. The third-order valence-corrected chi connectivity index (χ3v) is 4.92. The highest BCUT2D eigenvalue weighted by molar-refractivity contribution is 7.12. The van der Waals surface area contributed by atoms with Crippen molar-refractivity contribution in [1.82, 2.24) is 10.2 Å². The molecule has 7 heteroatoms. The minimum atomic E-state index is -0.609. The zero-order chi connectivity index (χ0) is 16.8. The van der Waals surface area contributed by atoms with Gasteiger partial charge in [-0.1, -0.05) is 6.07 Å². The second-order valence-corrected chi connectivity index (χ2v) is 6.67. The quantitative estimate of drug-likeness (QED) is 0.829. The molecule has 0 radical (unpaired) electrons. The lowest BCUT2D eigenvalue weighted by Crippen LogP contribution is -2.44. The Kier molecular flexibility index (Phi) is 6.15. The van der Waals surface area contributed by atoms with E-state index in [1.165, 1.54) is 25.4 Å². The normalized spacial score (nSPS) is 16.7. The van der Waals surface area contributed by atoms with Crippen LogP contribution in [0.5, 0.6) is 0 Å². The minimum Gasteiger partial charge on any atom is -0.467 e. The van der Waals surface area contributed by atoms with Crippen molar-refractivity contribution < 1.29 is 19.1 Å². The molecule has 2 rings (SSSR count). The van der Waals surface area contributed by atoms with Crippen LogP contribution >= 0.6 is 11.3 Å². The van der Waals surface area contributed by atoms with E-state index in [9.17, 15) is 14.4 Å². The van der Waals surface area contributed by atoms with Gasteiger partial charge in [-0.15, -0.1) is 11.3 Å². The molecular weight excluding hydrogens is 316 g/mol. The second kappa shape index (κ2) is 8.10. The molecule has 23 heavy (non-hydrogen) atoms. The number of amides is 2. The minimum absolute atomic E-state index is 0.0739. The van der Waals surface area contributed by atoms with Gasteiger partial charge >= 0.3 is 5.97 Å². The van der Waals surface area contributed by atoms with Gasteiger partial charge in [-0.05, 0) is 36.6 Å². The van der Waals surface area contributed by atoms with Crippen LogP contribution in [0.15, 0.2) is 17.5 Å². The molecule has 0 aromatic carbocycles. The maximum absolute atomic E-state index is 12.3. The molecule has 1 aliphatic heterocycles. The van der Waals surface area contributed by atoms with Crippen molar-refractivity contribution >= 4 is 29.1 Å². The van der Waals surface area contributed by atoms with Crippen LogP contribution < -0.4 is 5.32 Å².